The van der Waals surface area contributed by atoms with Gasteiger partial charge in [-0.15, -0.1) is 0 Å². The summed E-state index contributed by atoms with van der Waals surface area (Å²) in [5.41, 5.74) is 1.51. The van der Waals surface area contributed by atoms with Crippen LogP contribution in [0.15, 0.2) is 72.8 Å². The number of aliphatic hydroxyl groups excluding tert-OH is 1. The van der Waals surface area contributed by atoms with Gasteiger partial charge in [0.25, 0.3) is 0 Å². The SMILES string of the molecule is CCOc1ccc(NC(=O)[C@@H]2[C@H]3C(=O)N([C@H](CO)c4ccccc4)C(C(=O)Nc4cc(C)ccc4C)C34CC(C)[C@@]2(C)O4)cc1. The lowest BCUT2D eigenvalue weighted by Crippen LogP contribution is -2.54. The van der Waals surface area contributed by atoms with E-state index in [0.29, 0.717) is 35.7 Å². The molecule has 7 atom stereocenters. The molecule has 2 bridgehead atoms. The summed E-state index contributed by atoms with van der Waals surface area (Å²) in [6, 6.07) is 20.2. The number of nitrogens with zero attached hydrogens (tertiary/aromatic N) is 1. The lowest BCUT2D eigenvalue weighted by Gasteiger charge is -2.37. The second-order valence-electron chi connectivity index (χ2n) is 12.8. The van der Waals surface area contributed by atoms with Crippen LogP contribution in [-0.2, 0) is 19.1 Å². The fraction of sp³-hybridized carbons (Fsp3) is 0.417. The zero-order valence-electron chi connectivity index (χ0n) is 26.4. The summed E-state index contributed by atoms with van der Waals surface area (Å²) in [5, 5.41) is 16.8. The van der Waals surface area contributed by atoms with Gasteiger partial charge >= 0.3 is 0 Å². The van der Waals surface area contributed by atoms with E-state index in [2.05, 4.69) is 10.6 Å². The molecular weight excluding hydrogens is 570 g/mol. The van der Waals surface area contributed by atoms with Crippen LogP contribution in [0.3, 0.4) is 0 Å². The number of ether oxygens (including phenoxy) is 2. The van der Waals surface area contributed by atoms with Crippen molar-refractivity contribution in [3.63, 3.8) is 0 Å². The highest BCUT2D eigenvalue weighted by molar-refractivity contribution is 6.05. The summed E-state index contributed by atoms with van der Waals surface area (Å²) in [6.45, 7) is 9.78. The number of hydrogen-bond acceptors (Lipinski definition) is 6. The second kappa shape index (κ2) is 11.6. The van der Waals surface area contributed by atoms with E-state index >= 15 is 0 Å². The molecule has 3 heterocycles. The van der Waals surface area contributed by atoms with Crippen LogP contribution in [0.2, 0.25) is 0 Å². The number of anilines is 2. The molecule has 3 aromatic carbocycles. The fourth-order valence-electron chi connectivity index (χ4n) is 7.83. The largest absolute Gasteiger partial charge is 0.494 e. The first-order chi connectivity index (χ1) is 21.5. The molecule has 3 aliphatic rings. The highest BCUT2D eigenvalue weighted by Gasteiger charge is 2.80. The van der Waals surface area contributed by atoms with Gasteiger partial charge in [-0.05, 0) is 87.1 Å². The average molecular weight is 612 g/mol. The van der Waals surface area contributed by atoms with Crippen LogP contribution in [0.5, 0.6) is 5.75 Å². The van der Waals surface area contributed by atoms with E-state index in [1.807, 2.05) is 83.1 Å². The maximum Gasteiger partial charge on any atom is 0.250 e. The van der Waals surface area contributed by atoms with Gasteiger partial charge in [-0.25, -0.2) is 0 Å². The number of fused-ring (bicyclic) bond motifs is 1. The van der Waals surface area contributed by atoms with Crippen molar-refractivity contribution < 1.29 is 29.0 Å². The highest BCUT2D eigenvalue weighted by Crippen LogP contribution is 2.66. The van der Waals surface area contributed by atoms with Crippen molar-refractivity contribution in [3.05, 3.63) is 89.5 Å². The Morgan fingerprint density at radius 2 is 1.76 bits per heavy atom. The number of amides is 3. The fourth-order valence-corrected chi connectivity index (χ4v) is 7.83. The number of nitrogens with one attached hydrogen (secondary N) is 2. The van der Waals surface area contributed by atoms with Gasteiger partial charge in [0.1, 0.15) is 17.4 Å². The Morgan fingerprint density at radius 3 is 2.42 bits per heavy atom. The summed E-state index contributed by atoms with van der Waals surface area (Å²) in [6.07, 6.45) is 0.418. The molecule has 3 N–H and O–H groups in total. The number of carbonyl (C=O) groups excluding carboxylic acids is 3. The lowest BCUT2D eigenvalue weighted by molar-refractivity contribution is -0.148. The molecule has 3 aromatic rings. The van der Waals surface area contributed by atoms with Gasteiger partial charge in [-0.2, -0.15) is 0 Å². The first-order valence-electron chi connectivity index (χ1n) is 15.6. The summed E-state index contributed by atoms with van der Waals surface area (Å²) in [7, 11) is 0. The first-order valence-corrected chi connectivity index (χ1v) is 15.6. The Labute approximate surface area is 263 Å². The summed E-state index contributed by atoms with van der Waals surface area (Å²) >= 11 is 0. The maximum atomic E-state index is 14.7. The molecule has 3 saturated heterocycles. The molecule has 3 amide bonds. The quantitative estimate of drug-likeness (QED) is 0.313. The monoisotopic (exact) mass is 611 g/mol. The Hall–Kier alpha value is -4.21. The van der Waals surface area contributed by atoms with Crippen molar-refractivity contribution in [1.82, 2.24) is 4.90 Å². The van der Waals surface area contributed by atoms with Crippen LogP contribution in [-0.4, -0.2) is 58.2 Å². The van der Waals surface area contributed by atoms with E-state index in [4.69, 9.17) is 9.47 Å². The second-order valence-corrected chi connectivity index (χ2v) is 12.8. The molecule has 3 unspecified atom stereocenters. The molecule has 3 fully saturated rings. The molecule has 0 aromatic heterocycles. The van der Waals surface area contributed by atoms with Gasteiger partial charge in [0.2, 0.25) is 17.7 Å². The summed E-state index contributed by atoms with van der Waals surface area (Å²) < 4.78 is 12.4. The van der Waals surface area contributed by atoms with Crippen molar-refractivity contribution in [2.24, 2.45) is 17.8 Å². The minimum Gasteiger partial charge on any atom is -0.494 e. The van der Waals surface area contributed by atoms with E-state index in [1.54, 1.807) is 24.3 Å². The van der Waals surface area contributed by atoms with E-state index in [1.165, 1.54) is 4.90 Å². The van der Waals surface area contributed by atoms with Crippen LogP contribution < -0.4 is 15.4 Å². The number of hydrogen-bond donors (Lipinski definition) is 3. The van der Waals surface area contributed by atoms with Gasteiger partial charge in [-0.1, -0.05) is 49.4 Å². The van der Waals surface area contributed by atoms with Crippen LogP contribution in [0.25, 0.3) is 0 Å². The number of rotatable bonds is 9. The Morgan fingerprint density at radius 1 is 1.04 bits per heavy atom. The molecule has 0 aliphatic carbocycles. The summed E-state index contributed by atoms with van der Waals surface area (Å²) in [4.78, 5) is 44.9. The van der Waals surface area contributed by atoms with Crippen LogP contribution in [0, 0.1) is 31.6 Å². The lowest BCUT2D eigenvalue weighted by atomic mass is 9.62. The number of aryl methyl sites for hydroxylation is 2. The van der Waals surface area contributed by atoms with Crippen LogP contribution in [0.1, 0.15) is 49.9 Å². The minimum absolute atomic E-state index is 0.127. The third kappa shape index (κ3) is 4.98. The topological polar surface area (TPSA) is 117 Å². The van der Waals surface area contributed by atoms with Crippen LogP contribution in [0.4, 0.5) is 11.4 Å². The van der Waals surface area contributed by atoms with E-state index in [0.717, 1.165) is 11.1 Å². The van der Waals surface area contributed by atoms with Crippen molar-refractivity contribution in [3.8, 4) is 5.75 Å². The Balaban J connectivity index is 1.42. The van der Waals surface area contributed by atoms with Gasteiger partial charge in [0, 0.05) is 11.4 Å². The smallest absolute Gasteiger partial charge is 0.250 e. The van der Waals surface area contributed by atoms with Gasteiger partial charge in [0.05, 0.1) is 36.7 Å². The third-order valence-electron chi connectivity index (χ3n) is 10.1. The molecule has 9 nitrogen and oxygen atoms in total. The Kier molecular flexibility index (Phi) is 7.95. The van der Waals surface area contributed by atoms with E-state index < -0.39 is 47.6 Å². The minimum atomic E-state index is -1.27. The van der Waals surface area contributed by atoms with Crippen molar-refractivity contribution >= 4 is 29.1 Å². The molecule has 236 valence electrons. The molecule has 45 heavy (non-hydrogen) atoms. The summed E-state index contributed by atoms with van der Waals surface area (Å²) in [5.74, 6) is -2.35. The van der Waals surface area contributed by atoms with Gasteiger partial charge < -0.3 is 30.1 Å². The standard InChI is InChI=1S/C36H41N3O6/c1-6-44-26-16-14-25(15-17-26)37-32(41)29-30-34(43)39(28(20-40)24-10-8-7-9-11-24)31(36(30)19-23(4)35(29,5)45-36)33(42)38-27-18-21(2)12-13-22(27)3/h7-18,23,28-31,40H,6,19-20H2,1-5H3,(H,37,41)(H,38,42)/t23?,28-,29+,30+,31?,35-,36?/m1/s1. The number of carbonyl (C=O) groups is 3. The van der Waals surface area contributed by atoms with Gasteiger partial charge in [0.15, 0.2) is 0 Å². The maximum absolute atomic E-state index is 14.7. The molecule has 9 heteroatoms. The first kappa shape index (κ1) is 30.8. The third-order valence-corrected chi connectivity index (χ3v) is 10.1. The molecule has 0 radical (unpaired) electrons. The molecule has 6 rings (SSSR count). The zero-order valence-corrected chi connectivity index (χ0v) is 26.4. The number of aliphatic hydroxyl groups is 1. The van der Waals surface area contributed by atoms with Crippen LogP contribution >= 0.6 is 0 Å². The number of likely N-dealkylation sites (tertiary alicyclic amines) is 1. The van der Waals surface area contributed by atoms with Gasteiger partial charge in [-0.3, -0.25) is 14.4 Å². The average Bonchev–Trinajstić information content (AvgIpc) is 3.53. The zero-order chi connectivity index (χ0) is 32.1. The predicted molar refractivity (Wildman–Crippen MR) is 171 cm³/mol. The molecule has 0 saturated carbocycles. The molecular formula is C36H41N3O6. The highest BCUT2D eigenvalue weighted by atomic mass is 16.5. The van der Waals surface area contributed by atoms with Crippen molar-refractivity contribution in [1.29, 1.82) is 0 Å². The normalized spacial score (nSPS) is 28.9. The van der Waals surface area contributed by atoms with E-state index in [-0.39, 0.29) is 17.7 Å². The molecule has 1 spiro atoms. The van der Waals surface area contributed by atoms with Crippen molar-refractivity contribution in [2.75, 3.05) is 23.8 Å². The number of benzene rings is 3. The van der Waals surface area contributed by atoms with E-state index in [9.17, 15) is 19.5 Å². The molecule has 3 aliphatic heterocycles. The van der Waals surface area contributed by atoms with Crippen molar-refractivity contribution in [2.45, 2.75) is 64.3 Å². The predicted octanol–water partition coefficient (Wildman–Crippen LogP) is 5.02. The Bertz CT molecular complexity index is 1610.